The lowest BCUT2D eigenvalue weighted by molar-refractivity contribution is -0.117. The predicted octanol–water partition coefficient (Wildman–Crippen LogP) is 2.01. The molecule has 18 heavy (non-hydrogen) atoms. The van der Waals surface area contributed by atoms with Gasteiger partial charge in [0.25, 0.3) is 5.22 Å². The second-order valence-electron chi connectivity index (χ2n) is 3.85. The molecule has 6 heteroatoms. The van der Waals surface area contributed by atoms with Crippen LogP contribution in [0.3, 0.4) is 0 Å². The van der Waals surface area contributed by atoms with Crippen molar-refractivity contribution in [1.29, 1.82) is 0 Å². The number of hydrogen-bond donors (Lipinski definition) is 1. The summed E-state index contributed by atoms with van der Waals surface area (Å²) >= 11 is 1.16. The van der Waals surface area contributed by atoms with Gasteiger partial charge in [-0.15, -0.1) is 10.2 Å². The largest absolute Gasteiger partial charge is 0.411 e. The highest BCUT2D eigenvalue weighted by molar-refractivity contribution is 8.00. The zero-order chi connectivity index (χ0) is 13.1. The van der Waals surface area contributed by atoms with Gasteiger partial charge >= 0.3 is 0 Å². The maximum absolute atomic E-state index is 10.9. The summed E-state index contributed by atoms with van der Waals surface area (Å²) in [5.74, 6) is 0.0444. The molecule has 1 atom stereocenters. The minimum atomic E-state index is -0.407. The third-order valence-corrected chi connectivity index (χ3v) is 3.41. The van der Waals surface area contributed by atoms with E-state index in [1.165, 1.54) is 0 Å². The molecular weight excluding hydrogens is 250 g/mol. The quantitative estimate of drug-likeness (QED) is 0.853. The van der Waals surface area contributed by atoms with Crippen LogP contribution in [0.4, 0.5) is 0 Å². The van der Waals surface area contributed by atoms with Gasteiger partial charge in [-0.05, 0) is 25.5 Å². The van der Waals surface area contributed by atoms with Crippen molar-refractivity contribution >= 4 is 17.7 Å². The number of amides is 1. The van der Waals surface area contributed by atoms with E-state index in [0.717, 1.165) is 22.9 Å². The van der Waals surface area contributed by atoms with Gasteiger partial charge in [0, 0.05) is 5.56 Å². The van der Waals surface area contributed by atoms with Crippen LogP contribution in [0, 0.1) is 6.92 Å². The van der Waals surface area contributed by atoms with Gasteiger partial charge in [-0.1, -0.05) is 30.0 Å². The topological polar surface area (TPSA) is 82.0 Å². The molecule has 94 valence electrons. The van der Waals surface area contributed by atoms with E-state index in [4.69, 9.17) is 10.2 Å². The Balaban J connectivity index is 2.21. The average molecular weight is 263 g/mol. The minimum Gasteiger partial charge on any atom is -0.411 e. The Morgan fingerprint density at radius 2 is 2.11 bits per heavy atom. The molecule has 0 bridgehead atoms. The van der Waals surface area contributed by atoms with Crippen LogP contribution in [0.2, 0.25) is 0 Å². The fraction of sp³-hybridized carbons (Fsp3) is 0.250. The standard InChI is InChI=1S/C12H13N3O2S/c1-7-5-3-4-6-9(7)11-14-15-12(17-11)18-8(2)10(13)16/h3-6,8H,1-2H3,(H2,13,16)/t8-/m1/s1. The van der Waals surface area contributed by atoms with E-state index in [1.54, 1.807) is 6.92 Å². The summed E-state index contributed by atoms with van der Waals surface area (Å²) in [6.45, 7) is 3.67. The summed E-state index contributed by atoms with van der Waals surface area (Å²) in [6.07, 6.45) is 0. The molecule has 2 rings (SSSR count). The molecule has 1 heterocycles. The molecule has 0 spiro atoms. The van der Waals surface area contributed by atoms with Gasteiger partial charge < -0.3 is 10.2 Å². The second kappa shape index (κ2) is 5.22. The lowest BCUT2D eigenvalue weighted by Crippen LogP contribution is -2.22. The molecular formula is C12H13N3O2S. The van der Waals surface area contributed by atoms with E-state index in [1.807, 2.05) is 31.2 Å². The fourth-order valence-electron chi connectivity index (χ4n) is 1.39. The summed E-state index contributed by atoms with van der Waals surface area (Å²) in [6, 6.07) is 7.73. The first-order valence-electron chi connectivity index (χ1n) is 5.43. The van der Waals surface area contributed by atoms with E-state index in [0.29, 0.717) is 11.1 Å². The SMILES string of the molecule is Cc1ccccc1-c1nnc(S[C@H](C)C(N)=O)o1. The molecule has 0 saturated carbocycles. The minimum absolute atomic E-state index is 0.347. The highest BCUT2D eigenvalue weighted by Gasteiger charge is 2.16. The summed E-state index contributed by atoms with van der Waals surface area (Å²) in [7, 11) is 0. The van der Waals surface area contributed by atoms with Crippen LogP contribution in [0.25, 0.3) is 11.5 Å². The van der Waals surface area contributed by atoms with Crippen molar-refractivity contribution in [2.75, 3.05) is 0 Å². The van der Waals surface area contributed by atoms with E-state index in [9.17, 15) is 4.79 Å². The van der Waals surface area contributed by atoms with Gasteiger partial charge in [0.15, 0.2) is 0 Å². The third kappa shape index (κ3) is 2.70. The Hall–Kier alpha value is -1.82. The summed E-state index contributed by atoms with van der Waals surface area (Å²) in [5.41, 5.74) is 7.12. The van der Waals surface area contributed by atoms with Gasteiger partial charge in [0.2, 0.25) is 11.8 Å². The van der Waals surface area contributed by atoms with Crippen LogP contribution >= 0.6 is 11.8 Å². The molecule has 0 fully saturated rings. The van der Waals surface area contributed by atoms with Crippen molar-refractivity contribution in [2.45, 2.75) is 24.3 Å². The zero-order valence-electron chi connectivity index (χ0n) is 10.1. The maximum atomic E-state index is 10.9. The maximum Gasteiger partial charge on any atom is 0.277 e. The van der Waals surface area contributed by atoms with Gasteiger partial charge in [-0.25, -0.2) is 0 Å². The van der Waals surface area contributed by atoms with Gasteiger partial charge in [0.1, 0.15) is 0 Å². The molecule has 0 unspecified atom stereocenters. The van der Waals surface area contributed by atoms with Gasteiger partial charge in [-0.2, -0.15) is 0 Å². The summed E-state index contributed by atoms with van der Waals surface area (Å²) < 4.78 is 5.50. The van der Waals surface area contributed by atoms with Gasteiger partial charge in [0.05, 0.1) is 5.25 Å². The Labute approximate surface area is 109 Å². The Morgan fingerprint density at radius 1 is 1.39 bits per heavy atom. The first kappa shape index (κ1) is 12.6. The average Bonchev–Trinajstić information content (AvgIpc) is 2.77. The molecule has 2 N–H and O–H groups in total. The van der Waals surface area contributed by atoms with Crippen molar-refractivity contribution in [1.82, 2.24) is 10.2 Å². The number of rotatable bonds is 4. The normalized spacial score (nSPS) is 12.3. The molecule has 1 aromatic heterocycles. The molecule has 0 radical (unpaired) electrons. The number of carbonyl (C=O) groups excluding carboxylic acids is 1. The number of nitrogens with two attached hydrogens (primary N) is 1. The number of primary amides is 1. The van der Waals surface area contributed by atoms with Crippen LogP contribution in [0.5, 0.6) is 0 Å². The van der Waals surface area contributed by atoms with Crippen LogP contribution in [-0.4, -0.2) is 21.4 Å². The summed E-state index contributed by atoms with van der Waals surface area (Å²) in [5, 5.41) is 7.82. The monoisotopic (exact) mass is 263 g/mol. The number of benzene rings is 1. The third-order valence-electron chi connectivity index (χ3n) is 2.46. The Kier molecular flexibility index (Phi) is 3.66. The van der Waals surface area contributed by atoms with Crippen LogP contribution in [0.15, 0.2) is 33.9 Å². The van der Waals surface area contributed by atoms with Crippen molar-refractivity contribution < 1.29 is 9.21 Å². The molecule has 1 amide bonds. The first-order valence-corrected chi connectivity index (χ1v) is 6.31. The number of aryl methyl sites for hydroxylation is 1. The van der Waals surface area contributed by atoms with Crippen LogP contribution in [-0.2, 0) is 4.79 Å². The summed E-state index contributed by atoms with van der Waals surface area (Å²) in [4.78, 5) is 10.9. The number of aromatic nitrogens is 2. The lowest BCUT2D eigenvalue weighted by Gasteiger charge is -2.01. The van der Waals surface area contributed by atoms with Gasteiger partial charge in [-0.3, -0.25) is 4.79 Å². The van der Waals surface area contributed by atoms with Crippen LogP contribution < -0.4 is 5.73 Å². The lowest BCUT2D eigenvalue weighted by atomic mass is 10.1. The first-order chi connectivity index (χ1) is 8.58. The van der Waals surface area contributed by atoms with E-state index in [-0.39, 0.29) is 0 Å². The molecule has 0 aliphatic heterocycles. The number of carbonyl (C=O) groups is 1. The Morgan fingerprint density at radius 3 is 2.78 bits per heavy atom. The highest BCUT2D eigenvalue weighted by Crippen LogP contribution is 2.27. The van der Waals surface area contributed by atoms with Crippen molar-refractivity contribution in [3.8, 4) is 11.5 Å². The van der Waals surface area contributed by atoms with E-state index >= 15 is 0 Å². The molecule has 1 aromatic carbocycles. The van der Waals surface area contributed by atoms with Crippen molar-refractivity contribution in [3.05, 3.63) is 29.8 Å². The van der Waals surface area contributed by atoms with Crippen molar-refractivity contribution in [3.63, 3.8) is 0 Å². The Bertz CT molecular complexity index is 568. The molecule has 5 nitrogen and oxygen atoms in total. The zero-order valence-corrected chi connectivity index (χ0v) is 10.9. The number of nitrogens with zero attached hydrogens (tertiary/aromatic N) is 2. The van der Waals surface area contributed by atoms with Crippen LogP contribution in [0.1, 0.15) is 12.5 Å². The highest BCUT2D eigenvalue weighted by atomic mass is 32.2. The molecule has 0 saturated heterocycles. The number of hydrogen-bond acceptors (Lipinski definition) is 5. The second-order valence-corrected chi connectivity index (χ2v) is 5.14. The molecule has 2 aromatic rings. The van der Waals surface area contributed by atoms with Crippen molar-refractivity contribution in [2.24, 2.45) is 5.73 Å². The van der Waals surface area contributed by atoms with E-state index < -0.39 is 11.2 Å². The smallest absolute Gasteiger partial charge is 0.277 e. The molecule has 0 aliphatic carbocycles. The molecule has 0 aliphatic rings. The number of thioether (sulfide) groups is 1. The fourth-order valence-corrected chi connectivity index (χ4v) is 2.02. The predicted molar refractivity (Wildman–Crippen MR) is 69.0 cm³/mol. The van der Waals surface area contributed by atoms with E-state index in [2.05, 4.69) is 10.2 Å².